The second kappa shape index (κ2) is 6.37. The summed E-state index contributed by atoms with van der Waals surface area (Å²) in [6.45, 7) is 3.29. The molecule has 96 valence electrons. The van der Waals surface area contributed by atoms with E-state index in [1.165, 1.54) is 0 Å². The van der Waals surface area contributed by atoms with Crippen molar-refractivity contribution >= 4 is 22.2 Å². The van der Waals surface area contributed by atoms with Gasteiger partial charge < -0.3 is 15.8 Å². The van der Waals surface area contributed by atoms with Gasteiger partial charge in [-0.25, -0.2) is 4.98 Å². The Kier molecular flexibility index (Phi) is 4.55. The van der Waals surface area contributed by atoms with E-state index in [0.29, 0.717) is 13.2 Å². The van der Waals surface area contributed by atoms with Crippen LogP contribution in [0.2, 0.25) is 0 Å². The largest absolute Gasteiger partial charge is 0.494 e. The number of anilines is 2. The third kappa shape index (κ3) is 3.45. The standard InChI is InChI=1S/C13H17N3OS/c1-2-17-12-5-3-10(4-6-12)15-13-16-11(7-8-14)9-18-13/h3-6,9H,2,7-8,14H2,1H3,(H,15,16). The van der Waals surface area contributed by atoms with E-state index in [-0.39, 0.29) is 0 Å². The van der Waals surface area contributed by atoms with E-state index in [1.54, 1.807) is 11.3 Å². The van der Waals surface area contributed by atoms with Crippen LogP contribution in [0.5, 0.6) is 5.75 Å². The zero-order valence-corrected chi connectivity index (χ0v) is 11.2. The topological polar surface area (TPSA) is 60.2 Å². The predicted octanol–water partition coefficient (Wildman–Crippen LogP) is 2.79. The van der Waals surface area contributed by atoms with Gasteiger partial charge in [-0.2, -0.15) is 0 Å². The van der Waals surface area contributed by atoms with Gasteiger partial charge in [-0.15, -0.1) is 11.3 Å². The second-order valence-corrected chi connectivity index (χ2v) is 4.62. The maximum absolute atomic E-state index is 5.50. The fourth-order valence-electron chi connectivity index (χ4n) is 1.55. The summed E-state index contributed by atoms with van der Waals surface area (Å²) in [5, 5.41) is 6.19. The summed E-state index contributed by atoms with van der Waals surface area (Å²) in [5.74, 6) is 0.881. The van der Waals surface area contributed by atoms with E-state index in [0.717, 1.165) is 28.7 Å². The van der Waals surface area contributed by atoms with Crippen LogP contribution >= 0.6 is 11.3 Å². The zero-order valence-electron chi connectivity index (χ0n) is 10.3. The van der Waals surface area contributed by atoms with E-state index >= 15 is 0 Å². The van der Waals surface area contributed by atoms with Gasteiger partial charge in [-0.05, 0) is 37.7 Å². The van der Waals surface area contributed by atoms with Crippen LogP contribution in [-0.2, 0) is 6.42 Å². The summed E-state index contributed by atoms with van der Waals surface area (Å²) in [4.78, 5) is 4.45. The molecule has 2 aromatic rings. The van der Waals surface area contributed by atoms with E-state index in [1.807, 2.05) is 36.6 Å². The predicted molar refractivity (Wildman–Crippen MR) is 75.8 cm³/mol. The molecule has 5 heteroatoms. The average Bonchev–Trinajstić information content (AvgIpc) is 2.80. The second-order valence-electron chi connectivity index (χ2n) is 3.77. The maximum Gasteiger partial charge on any atom is 0.187 e. The molecule has 0 aliphatic heterocycles. The molecule has 0 amide bonds. The van der Waals surface area contributed by atoms with Gasteiger partial charge in [0.1, 0.15) is 5.75 Å². The number of rotatable bonds is 6. The van der Waals surface area contributed by atoms with Crippen molar-refractivity contribution in [1.82, 2.24) is 4.98 Å². The number of ether oxygens (including phenoxy) is 1. The lowest BCUT2D eigenvalue weighted by Crippen LogP contribution is -2.02. The first-order valence-electron chi connectivity index (χ1n) is 5.96. The van der Waals surface area contributed by atoms with Crippen LogP contribution < -0.4 is 15.8 Å². The quantitative estimate of drug-likeness (QED) is 0.841. The molecule has 0 saturated carbocycles. The lowest BCUT2D eigenvalue weighted by atomic mass is 10.3. The highest BCUT2D eigenvalue weighted by Crippen LogP contribution is 2.22. The molecule has 2 rings (SSSR count). The summed E-state index contributed by atoms with van der Waals surface area (Å²) in [6.07, 6.45) is 0.821. The number of hydrogen-bond donors (Lipinski definition) is 2. The summed E-state index contributed by atoms with van der Waals surface area (Å²) < 4.78 is 5.39. The van der Waals surface area contributed by atoms with Gasteiger partial charge in [0.25, 0.3) is 0 Å². The molecule has 0 saturated heterocycles. The third-order valence-electron chi connectivity index (χ3n) is 2.37. The van der Waals surface area contributed by atoms with Crippen LogP contribution in [0.1, 0.15) is 12.6 Å². The molecule has 0 atom stereocenters. The minimum Gasteiger partial charge on any atom is -0.494 e. The van der Waals surface area contributed by atoms with Gasteiger partial charge >= 0.3 is 0 Å². The normalized spacial score (nSPS) is 10.3. The molecule has 1 heterocycles. The number of benzene rings is 1. The molecule has 0 bridgehead atoms. The van der Waals surface area contributed by atoms with Crippen molar-refractivity contribution in [1.29, 1.82) is 0 Å². The fraction of sp³-hybridized carbons (Fsp3) is 0.308. The van der Waals surface area contributed by atoms with Crippen molar-refractivity contribution in [2.45, 2.75) is 13.3 Å². The summed E-state index contributed by atoms with van der Waals surface area (Å²) in [6, 6.07) is 7.85. The summed E-state index contributed by atoms with van der Waals surface area (Å²) >= 11 is 1.59. The Hall–Kier alpha value is -1.59. The van der Waals surface area contributed by atoms with E-state index in [2.05, 4.69) is 10.3 Å². The molecule has 0 unspecified atom stereocenters. The Labute approximate surface area is 111 Å². The summed E-state index contributed by atoms with van der Waals surface area (Å²) in [7, 11) is 0. The fourth-order valence-corrected chi connectivity index (χ4v) is 2.32. The van der Waals surface area contributed by atoms with Gasteiger partial charge in [0.15, 0.2) is 5.13 Å². The Morgan fingerprint density at radius 1 is 1.33 bits per heavy atom. The SMILES string of the molecule is CCOc1ccc(Nc2nc(CCN)cs2)cc1. The molecule has 1 aromatic carbocycles. The van der Waals surface area contributed by atoms with Crippen LogP contribution in [0, 0.1) is 0 Å². The van der Waals surface area contributed by atoms with Crippen LogP contribution in [-0.4, -0.2) is 18.1 Å². The van der Waals surface area contributed by atoms with Gasteiger partial charge in [0.2, 0.25) is 0 Å². The minimum absolute atomic E-state index is 0.631. The minimum atomic E-state index is 0.631. The molecule has 0 aliphatic carbocycles. The van der Waals surface area contributed by atoms with E-state index in [9.17, 15) is 0 Å². The number of nitrogens with two attached hydrogens (primary N) is 1. The van der Waals surface area contributed by atoms with Crippen molar-refractivity contribution < 1.29 is 4.74 Å². The highest BCUT2D eigenvalue weighted by atomic mass is 32.1. The van der Waals surface area contributed by atoms with Gasteiger partial charge in [-0.1, -0.05) is 0 Å². The van der Waals surface area contributed by atoms with Gasteiger partial charge in [-0.3, -0.25) is 0 Å². The summed E-state index contributed by atoms with van der Waals surface area (Å²) in [5.41, 5.74) is 7.54. The third-order valence-corrected chi connectivity index (χ3v) is 3.18. The van der Waals surface area contributed by atoms with Crippen molar-refractivity contribution in [2.24, 2.45) is 5.73 Å². The first kappa shape index (κ1) is 12.9. The molecule has 0 fully saturated rings. The monoisotopic (exact) mass is 263 g/mol. The Bertz CT molecular complexity index is 481. The first-order chi connectivity index (χ1) is 8.81. The van der Waals surface area contributed by atoms with Crippen LogP contribution in [0.25, 0.3) is 0 Å². The average molecular weight is 263 g/mol. The lowest BCUT2D eigenvalue weighted by Gasteiger charge is -2.05. The molecular weight excluding hydrogens is 246 g/mol. The Morgan fingerprint density at radius 2 is 2.11 bits per heavy atom. The number of aromatic nitrogens is 1. The number of nitrogens with one attached hydrogen (secondary N) is 1. The highest BCUT2D eigenvalue weighted by Gasteiger charge is 2.02. The smallest absolute Gasteiger partial charge is 0.187 e. The van der Waals surface area contributed by atoms with Crippen LogP contribution in [0.3, 0.4) is 0 Å². The van der Waals surface area contributed by atoms with Crippen LogP contribution in [0.15, 0.2) is 29.6 Å². The molecule has 1 aromatic heterocycles. The van der Waals surface area contributed by atoms with E-state index in [4.69, 9.17) is 10.5 Å². The molecule has 3 N–H and O–H groups in total. The number of nitrogens with zero attached hydrogens (tertiary/aromatic N) is 1. The van der Waals surface area contributed by atoms with Crippen molar-refractivity contribution in [3.63, 3.8) is 0 Å². The van der Waals surface area contributed by atoms with E-state index < -0.39 is 0 Å². The Morgan fingerprint density at radius 3 is 2.78 bits per heavy atom. The van der Waals surface area contributed by atoms with Gasteiger partial charge in [0, 0.05) is 17.5 Å². The number of hydrogen-bond acceptors (Lipinski definition) is 5. The zero-order chi connectivity index (χ0) is 12.8. The van der Waals surface area contributed by atoms with Crippen LogP contribution in [0.4, 0.5) is 10.8 Å². The van der Waals surface area contributed by atoms with Crippen molar-refractivity contribution in [3.05, 3.63) is 35.3 Å². The number of thiazole rings is 1. The molecule has 0 aliphatic rings. The Balaban J connectivity index is 1.99. The first-order valence-corrected chi connectivity index (χ1v) is 6.84. The lowest BCUT2D eigenvalue weighted by molar-refractivity contribution is 0.340. The van der Waals surface area contributed by atoms with Crippen molar-refractivity contribution in [2.75, 3.05) is 18.5 Å². The molecular formula is C13H17N3OS. The van der Waals surface area contributed by atoms with Crippen molar-refractivity contribution in [3.8, 4) is 5.75 Å². The van der Waals surface area contributed by atoms with Gasteiger partial charge in [0.05, 0.1) is 12.3 Å². The highest BCUT2D eigenvalue weighted by molar-refractivity contribution is 7.13. The molecule has 4 nitrogen and oxygen atoms in total. The molecule has 0 spiro atoms. The molecule has 0 radical (unpaired) electrons. The molecule has 18 heavy (non-hydrogen) atoms. The maximum atomic E-state index is 5.50.